The van der Waals surface area contributed by atoms with E-state index in [4.69, 9.17) is 5.11 Å². The zero-order chi connectivity index (χ0) is 14.4. The minimum Gasteiger partial charge on any atom is -0.395 e. The van der Waals surface area contributed by atoms with Crippen molar-refractivity contribution in [3.63, 3.8) is 0 Å². The lowest BCUT2D eigenvalue weighted by molar-refractivity contribution is -0.118. The monoisotopic (exact) mass is 275 g/mol. The SMILES string of the molecule is O=C1CCCCCN1c1ccc(C#CCCO)cc1F. The first-order valence-corrected chi connectivity index (χ1v) is 6.92. The summed E-state index contributed by atoms with van der Waals surface area (Å²) < 4.78 is 14.1. The molecule has 0 saturated carbocycles. The lowest BCUT2D eigenvalue weighted by Crippen LogP contribution is -2.30. The van der Waals surface area contributed by atoms with Crippen LogP contribution in [0.25, 0.3) is 0 Å². The number of rotatable bonds is 2. The Bertz CT molecular complexity index is 545. The van der Waals surface area contributed by atoms with E-state index in [2.05, 4.69) is 11.8 Å². The number of halogens is 1. The van der Waals surface area contributed by atoms with E-state index in [9.17, 15) is 9.18 Å². The molecule has 106 valence electrons. The highest BCUT2D eigenvalue weighted by Crippen LogP contribution is 2.24. The van der Waals surface area contributed by atoms with E-state index < -0.39 is 5.82 Å². The van der Waals surface area contributed by atoms with Gasteiger partial charge in [-0.15, -0.1) is 0 Å². The predicted molar refractivity (Wildman–Crippen MR) is 75.8 cm³/mol. The maximum atomic E-state index is 14.1. The Morgan fingerprint density at radius 3 is 2.90 bits per heavy atom. The van der Waals surface area contributed by atoms with Crippen LogP contribution in [0.3, 0.4) is 0 Å². The fourth-order valence-electron chi connectivity index (χ4n) is 2.26. The third-order valence-electron chi connectivity index (χ3n) is 3.28. The highest BCUT2D eigenvalue weighted by molar-refractivity contribution is 5.93. The molecule has 1 heterocycles. The van der Waals surface area contributed by atoms with E-state index in [1.165, 1.54) is 11.0 Å². The van der Waals surface area contributed by atoms with Gasteiger partial charge in [-0.2, -0.15) is 0 Å². The van der Waals surface area contributed by atoms with Gasteiger partial charge in [0.1, 0.15) is 5.82 Å². The quantitative estimate of drug-likeness (QED) is 0.842. The Kier molecular flexibility index (Phi) is 5.14. The number of carbonyl (C=O) groups excluding carboxylic acids is 1. The first-order chi connectivity index (χ1) is 9.72. The predicted octanol–water partition coefficient (Wildman–Crippen LogP) is 2.47. The van der Waals surface area contributed by atoms with Crippen molar-refractivity contribution < 1.29 is 14.3 Å². The third-order valence-corrected chi connectivity index (χ3v) is 3.28. The Labute approximate surface area is 118 Å². The Morgan fingerprint density at radius 2 is 2.15 bits per heavy atom. The summed E-state index contributed by atoms with van der Waals surface area (Å²) in [6, 6.07) is 4.67. The van der Waals surface area contributed by atoms with Gasteiger partial charge in [0.25, 0.3) is 0 Å². The molecule has 1 N–H and O–H groups in total. The molecule has 1 fully saturated rings. The molecular weight excluding hydrogens is 257 g/mol. The maximum Gasteiger partial charge on any atom is 0.227 e. The molecule has 0 unspecified atom stereocenters. The molecule has 0 bridgehead atoms. The lowest BCUT2D eigenvalue weighted by atomic mass is 10.1. The van der Waals surface area contributed by atoms with E-state index in [0.717, 1.165) is 19.3 Å². The van der Waals surface area contributed by atoms with Crippen molar-refractivity contribution >= 4 is 11.6 Å². The van der Waals surface area contributed by atoms with E-state index in [-0.39, 0.29) is 12.5 Å². The fourth-order valence-corrected chi connectivity index (χ4v) is 2.26. The van der Waals surface area contributed by atoms with Gasteiger partial charge in [0.05, 0.1) is 12.3 Å². The summed E-state index contributed by atoms with van der Waals surface area (Å²) in [5.41, 5.74) is 0.895. The number of aliphatic hydroxyl groups is 1. The standard InChI is InChI=1S/C16H18FNO2/c17-14-12-13(6-3-5-11-19)8-9-15(14)18-10-4-1-2-7-16(18)20/h8-9,12,19H,1-2,4-5,7,10-11H2. The summed E-state index contributed by atoms with van der Waals surface area (Å²) in [7, 11) is 0. The third kappa shape index (κ3) is 3.58. The van der Waals surface area contributed by atoms with Crippen molar-refractivity contribution in [3.05, 3.63) is 29.6 Å². The van der Waals surface area contributed by atoms with Crippen molar-refractivity contribution in [1.82, 2.24) is 0 Å². The van der Waals surface area contributed by atoms with Gasteiger partial charge in [0, 0.05) is 24.9 Å². The smallest absolute Gasteiger partial charge is 0.227 e. The zero-order valence-corrected chi connectivity index (χ0v) is 11.4. The van der Waals surface area contributed by atoms with Gasteiger partial charge >= 0.3 is 0 Å². The van der Waals surface area contributed by atoms with Gasteiger partial charge in [-0.3, -0.25) is 4.79 Å². The van der Waals surface area contributed by atoms with Crippen LogP contribution in [-0.2, 0) is 4.79 Å². The molecule has 0 aromatic heterocycles. The van der Waals surface area contributed by atoms with Crippen LogP contribution in [0.4, 0.5) is 10.1 Å². The summed E-state index contributed by atoms with van der Waals surface area (Å²) in [5, 5.41) is 8.65. The number of benzene rings is 1. The molecule has 20 heavy (non-hydrogen) atoms. The summed E-state index contributed by atoms with van der Waals surface area (Å²) in [5.74, 6) is 5.10. The lowest BCUT2D eigenvalue weighted by Gasteiger charge is -2.21. The molecule has 1 aromatic rings. The first kappa shape index (κ1) is 14.5. The Balaban J connectivity index is 2.20. The van der Waals surface area contributed by atoms with E-state index >= 15 is 0 Å². The van der Waals surface area contributed by atoms with Crippen LogP contribution in [0.1, 0.15) is 37.7 Å². The minimum atomic E-state index is -0.420. The van der Waals surface area contributed by atoms with Crippen LogP contribution in [0.5, 0.6) is 0 Å². The fraction of sp³-hybridized carbons (Fsp3) is 0.438. The van der Waals surface area contributed by atoms with Crippen LogP contribution in [0, 0.1) is 17.7 Å². The van der Waals surface area contributed by atoms with E-state index in [0.29, 0.717) is 30.6 Å². The van der Waals surface area contributed by atoms with Gasteiger partial charge in [0.15, 0.2) is 0 Å². The van der Waals surface area contributed by atoms with Crippen LogP contribution >= 0.6 is 0 Å². The summed E-state index contributed by atoms with van der Waals surface area (Å²) >= 11 is 0. The van der Waals surface area contributed by atoms with E-state index in [1.54, 1.807) is 12.1 Å². The Hall–Kier alpha value is -1.86. The molecule has 1 saturated heterocycles. The molecule has 3 nitrogen and oxygen atoms in total. The highest BCUT2D eigenvalue weighted by atomic mass is 19.1. The molecular formula is C16H18FNO2. The molecule has 4 heteroatoms. The van der Waals surface area contributed by atoms with Gasteiger partial charge in [0.2, 0.25) is 5.91 Å². The van der Waals surface area contributed by atoms with Gasteiger partial charge in [-0.05, 0) is 31.0 Å². The number of hydrogen-bond donors (Lipinski definition) is 1. The molecule has 1 amide bonds. The zero-order valence-electron chi connectivity index (χ0n) is 11.4. The number of nitrogens with zero attached hydrogens (tertiary/aromatic N) is 1. The molecule has 0 aliphatic carbocycles. The van der Waals surface area contributed by atoms with Gasteiger partial charge in [-0.1, -0.05) is 18.3 Å². The van der Waals surface area contributed by atoms with Crippen molar-refractivity contribution in [2.75, 3.05) is 18.1 Å². The van der Waals surface area contributed by atoms with Gasteiger partial charge < -0.3 is 10.0 Å². The van der Waals surface area contributed by atoms with Gasteiger partial charge in [-0.25, -0.2) is 4.39 Å². The van der Waals surface area contributed by atoms with Crippen molar-refractivity contribution in [2.24, 2.45) is 0 Å². The maximum absolute atomic E-state index is 14.1. The summed E-state index contributed by atoms with van der Waals surface area (Å²) in [6.07, 6.45) is 3.64. The normalized spacial score (nSPS) is 15.5. The molecule has 0 spiro atoms. The second kappa shape index (κ2) is 7.06. The van der Waals surface area contributed by atoms with Crippen molar-refractivity contribution in [2.45, 2.75) is 32.1 Å². The molecule has 0 atom stereocenters. The second-order valence-corrected chi connectivity index (χ2v) is 4.80. The molecule has 1 aromatic carbocycles. The molecule has 1 aliphatic rings. The highest BCUT2D eigenvalue weighted by Gasteiger charge is 2.20. The number of anilines is 1. The second-order valence-electron chi connectivity index (χ2n) is 4.80. The van der Waals surface area contributed by atoms with Crippen LogP contribution in [0.15, 0.2) is 18.2 Å². The largest absolute Gasteiger partial charge is 0.395 e. The first-order valence-electron chi connectivity index (χ1n) is 6.92. The van der Waals surface area contributed by atoms with E-state index in [1.807, 2.05) is 0 Å². The number of aliphatic hydroxyl groups excluding tert-OH is 1. The summed E-state index contributed by atoms with van der Waals surface area (Å²) in [6.45, 7) is 0.571. The van der Waals surface area contributed by atoms with Crippen molar-refractivity contribution in [3.8, 4) is 11.8 Å². The summed E-state index contributed by atoms with van der Waals surface area (Å²) in [4.78, 5) is 13.5. The molecule has 2 rings (SSSR count). The Morgan fingerprint density at radius 1 is 1.30 bits per heavy atom. The topological polar surface area (TPSA) is 40.5 Å². The number of carbonyl (C=O) groups is 1. The molecule has 1 aliphatic heterocycles. The number of hydrogen-bond acceptors (Lipinski definition) is 2. The average Bonchev–Trinajstić information content (AvgIpc) is 2.64. The number of amides is 1. The van der Waals surface area contributed by atoms with Crippen LogP contribution < -0.4 is 4.90 Å². The minimum absolute atomic E-state index is 0.00412. The van der Waals surface area contributed by atoms with Crippen molar-refractivity contribution in [1.29, 1.82) is 0 Å². The van der Waals surface area contributed by atoms with Crippen LogP contribution in [0.2, 0.25) is 0 Å². The van der Waals surface area contributed by atoms with Crippen LogP contribution in [-0.4, -0.2) is 24.2 Å². The average molecular weight is 275 g/mol. The molecule has 0 radical (unpaired) electrons.